The summed E-state index contributed by atoms with van der Waals surface area (Å²) in [6, 6.07) is 0. The predicted octanol–water partition coefficient (Wildman–Crippen LogP) is 3.99. The quantitative estimate of drug-likeness (QED) is 0.586. The molecule has 0 radical (unpaired) electrons. The van der Waals surface area contributed by atoms with E-state index in [1.54, 1.807) is 0 Å². The fourth-order valence-corrected chi connectivity index (χ4v) is 2.41. The minimum atomic E-state index is 0.335. The van der Waals surface area contributed by atoms with Gasteiger partial charge in [0, 0.05) is 18.7 Å². The number of halogens is 2. The fourth-order valence-electron chi connectivity index (χ4n) is 1.90. The Morgan fingerprint density at radius 2 is 1.67 bits per heavy atom. The van der Waals surface area contributed by atoms with Gasteiger partial charge in [-0.3, -0.25) is 0 Å². The van der Waals surface area contributed by atoms with Crippen LogP contribution in [-0.4, -0.2) is 23.1 Å². The maximum atomic E-state index is 6.08. The number of anilines is 1. The molecule has 1 heterocycles. The molecule has 18 heavy (non-hydrogen) atoms. The molecule has 0 N–H and O–H groups in total. The zero-order valence-electron chi connectivity index (χ0n) is 11.5. The van der Waals surface area contributed by atoms with Crippen molar-refractivity contribution in [3.05, 3.63) is 17.0 Å². The molecule has 0 fully saturated rings. The molecule has 0 spiro atoms. The first-order chi connectivity index (χ1) is 8.45. The van der Waals surface area contributed by atoms with Gasteiger partial charge in [-0.1, -0.05) is 39.3 Å². The lowest BCUT2D eigenvalue weighted by atomic mass is 10.1. The standard InChI is InChI=1S/C13H21Cl2N3/c1-9(2)6-18(7-10(3)4)13-11(5-14)12(15)16-8-17-13/h8-10H,5-7H2,1-4H3. The average molecular weight is 290 g/mol. The molecule has 0 aliphatic heterocycles. The summed E-state index contributed by atoms with van der Waals surface area (Å²) in [7, 11) is 0. The maximum Gasteiger partial charge on any atom is 0.138 e. The second-order valence-corrected chi connectivity index (χ2v) is 5.92. The number of alkyl halides is 1. The normalized spacial score (nSPS) is 11.3. The number of hydrogen-bond donors (Lipinski definition) is 0. The number of nitrogens with zero attached hydrogens (tertiary/aromatic N) is 3. The third kappa shape index (κ3) is 4.29. The highest BCUT2D eigenvalue weighted by atomic mass is 35.5. The summed E-state index contributed by atoms with van der Waals surface area (Å²) in [5.74, 6) is 2.32. The SMILES string of the molecule is CC(C)CN(CC(C)C)c1ncnc(Cl)c1CCl. The van der Waals surface area contributed by atoms with E-state index in [0.717, 1.165) is 24.5 Å². The van der Waals surface area contributed by atoms with Gasteiger partial charge >= 0.3 is 0 Å². The third-order valence-electron chi connectivity index (χ3n) is 2.47. The van der Waals surface area contributed by atoms with Crippen LogP contribution in [0.2, 0.25) is 5.15 Å². The van der Waals surface area contributed by atoms with E-state index in [-0.39, 0.29) is 0 Å². The van der Waals surface area contributed by atoms with E-state index in [4.69, 9.17) is 23.2 Å². The second-order valence-electron chi connectivity index (χ2n) is 5.29. The Morgan fingerprint density at radius 1 is 1.11 bits per heavy atom. The molecule has 0 amide bonds. The minimum absolute atomic E-state index is 0.335. The molecule has 0 saturated heterocycles. The van der Waals surface area contributed by atoms with Crippen LogP contribution in [0.4, 0.5) is 5.82 Å². The summed E-state index contributed by atoms with van der Waals surface area (Å²) >= 11 is 12.0. The highest BCUT2D eigenvalue weighted by Gasteiger charge is 2.17. The summed E-state index contributed by atoms with van der Waals surface area (Å²) in [5, 5.41) is 0.451. The van der Waals surface area contributed by atoms with E-state index in [1.807, 2.05) is 0 Å². The number of rotatable bonds is 6. The van der Waals surface area contributed by atoms with Crippen LogP contribution in [0.15, 0.2) is 6.33 Å². The minimum Gasteiger partial charge on any atom is -0.356 e. The zero-order valence-corrected chi connectivity index (χ0v) is 13.0. The molecular formula is C13H21Cl2N3. The van der Waals surface area contributed by atoms with Crippen LogP contribution in [0.1, 0.15) is 33.3 Å². The summed E-state index contributed by atoms with van der Waals surface area (Å²) in [4.78, 5) is 10.6. The molecule has 0 saturated carbocycles. The van der Waals surface area contributed by atoms with Gasteiger partial charge in [-0.05, 0) is 11.8 Å². The Morgan fingerprint density at radius 3 is 2.11 bits per heavy atom. The topological polar surface area (TPSA) is 29.0 Å². The zero-order chi connectivity index (χ0) is 13.7. The molecule has 0 bridgehead atoms. The fraction of sp³-hybridized carbons (Fsp3) is 0.692. The van der Waals surface area contributed by atoms with E-state index >= 15 is 0 Å². The predicted molar refractivity (Wildman–Crippen MR) is 78.5 cm³/mol. The Hall–Kier alpha value is -0.540. The second kappa shape index (κ2) is 7.15. The van der Waals surface area contributed by atoms with Crippen LogP contribution >= 0.6 is 23.2 Å². The maximum absolute atomic E-state index is 6.08. The Labute approximate surface area is 120 Å². The Balaban J connectivity index is 3.07. The van der Waals surface area contributed by atoms with Crippen LogP contribution < -0.4 is 4.90 Å². The molecule has 1 aromatic rings. The van der Waals surface area contributed by atoms with Crippen molar-refractivity contribution in [2.75, 3.05) is 18.0 Å². The lowest BCUT2D eigenvalue weighted by Gasteiger charge is -2.28. The van der Waals surface area contributed by atoms with Crippen molar-refractivity contribution in [2.24, 2.45) is 11.8 Å². The first-order valence-electron chi connectivity index (χ1n) is 6.26. The van der Waals surface area contributed by atoms with Crippen molar-refractivity contribution in [2.45, 2.75) is 33.6 Å². The van der Waals surface area contributed by atoms with Gasteiger partial charge in [-0.2, -0.15) is 0 Å². The van der Waals surface area contributed by atoms with E-state index in [2.05, 4.69) is 42.6 Å². The lowest BCUT2D eigenvalue weighted by Crippen LogP contribution is -2.33. The van der Waals surface area contributed by atoms with Crippen molar-refractivity contribution in [1.29, 1.82) is 0 Å². The summed E-state index contributed by atoms with van der Waals surface area (Å²) in [6.45, 7) is 10.6. The third-order valence-corrected chi connectivity index (χ3v) is 3.07. The summed E-state index contributed by atoms with van der Waals surface area (Å²) < 4.78 is 0. The highest BCUT2D eigenvalue weighted by Crippen LogP contribution is 2.26. The van der Waals surface area contributed by atoms with Gasteiger partial charge in [0.2, 0.25) is 0 Å². The van der Waals surface area contributed by atoms with Crippen molar-refractivity contribution < 1.29 is 0 Å². The van der Waals surface area contributed by atoms with Gasteiger partial charge in [0.1, 0.15) is 17.3 Å². The van der Waals surface area contributed by atoms with Crippen LogP contribution in [0.5, 0.6) is 0 Å². The Bertz CT molecular complexity index is 370. The van der Waals surface area contributed by atoms with E-state index in [1.165, 1.54) is 6.33 Å². The molecule has 3 nitrogen and oxygen atoms in total. The van der Waals surface area contributed by atoms with Crippen molar-refractivity contribution >= 4 is 29.0 Å². The first-order valence-corrected chi connectivity index (χ1v) is 7.17. The van der Waals surface area contributed by atoms with Gasteiger partial charge < -0.3 is 4.90 Å². The molecular weight excluding hydrogens is 269 g/mol. The molecule has 5 heteroatoms. The van der Waals surface area contributed by atoms with E-state index in [0.29, 0.717) is 22.9 Å². The van der Waals surface area contributed by atoms with E-state index < -0.39 is 0 Å². The smallest absolute Gasteiger partial charge is 0.138 e. The monoisotopic (exact) mass is 289 g/mol. The van der Waals surface area contributed by atoms with Crippen LogP contribution in [0, 0.1) is 11.8 Å². The molecule has 0 aliphatic rings. The van der Waals surface area contributed by atoms with Gasteiger partial charge in [-0.15, -0.1) is 11.6 Å². The van der Waals surface area contributed by atoms with Crippen LogP contribution in [-0.2, 0) is 5.88 Å². The van der Waals surface area contributed by atoms with Gasteiger partial charge in [0.25, 0.3) is 0 Å². The van der Waals surface area contributed by atoms with E-state index in [9.17, 15) is 0 Å². The molecule has 0 aromatic carbocycles. The summed E-state index contributed by atoms with van der Waals surface area (Å²) in [5.41, 5.74) is 0.821. The molecule has 102 valence electrons. The molecule has 0 unspecified atom stereocenters. The van der Waals surface area contributed by atoms with Crippen molar-refractivity contribution in [1.82, 2.24) is 9.97 Å². The van der Waals surface area contributed by atoms with Gasteiger partial charge in [-0.25, -0.2) is 9.97 Å². The molecule has 0 aliphatic carbocycles. The molecule has 0 atom stereocenters. The molecule has 1 aromatic heterocycles. The highest BCUT2D eigenvalue weighted by molar-refractivity contribution is 6.31. The number of aromatic nitrogens is 2. The van der Waals surface area contributed by atoms with Crippen LogP contribution in [0.3, 0.4) is 0 Å². The Kier molecular flexibility index (Phi) is 6.16. The van der Waals surface area contributed by atoms with Crippen molar-refractivity contribution in [3.8, 4) is 0 Å². The number of hydrogen-bond acceptors (Lipinski definition) is 3. The van der Waals surface area contributed by atoms with Crippen LogP contribution in [0.25, 0.3) is 0 Å². The lowest BCUT2D eigenvalue weighted by molar-refractivity contribution is 0.547. The van der Waals surface area contributed by atoms with Gasteiger partial charge in [0.15, 0.2) is 0 Å². The largest absolute Gasteiger partial charge is 0.356 e. The average Bonchev–Trinajstić information content (AvgIpc) is 2.26. The van der Waals surface area contributed by atoms with Gasteiger partial charge in [0.05, 0.1) is 5.88 Å². The summed E-state index contributed by atoms with van der Waals surface area (Å²) in [6.07, 6.45) is 1.50. The first kappa shape index (κ1) is 15.5. The van der Waals surface area contributed by atoms with Crippen molar-refractivity contribution in [3.63, 3.8) is 0 Å². The molecule has 1 rings (SSSR count).